The van der Waals surface area contributed by atoms with Crippen LogP contribution in [0.25, 0.3) is 5.57 Å². The number of nitrogens with zero attached hydrogens (tertiary/aromatic N) is 2. The summed E-state index contributed by atoms with van der Waals surface area (Å²) in [5.74, 6) is -0.874. The highest BCUT2D eigenvalue weighted by molar-refractivity contribution is 8.26. The molecule has 12 heteroatoms. The minimum absolute atomic E-state index is 0.000516. The number of nitrogens with one attached hydrogen (secondary N) is 1. The number of fused-ring (bicyclic) bond motifs is 1. The quantitative estimate of drug-likeness (QED) is 0.452. The molecular formula is C24H21N3O6S3. The molecule has 5 rings (SSSR count). The number of para-hydroxylation sites is 1. The molecule has 36 heavy (non-hydrogen) atoms. The standard InChI is InChI=1S/C24H21N3O6S3/c1-33-16-8-6-14(7-9-16)25-19(28)12-26-18-5-3-2-4-17(18)20(22(26)29)21-23(30)27(24(34)35-21)15-10-11-36(31,32)13-15/h2-9,15H,10-13H2,1H3,(H,25,28)/b21-20-/t15-/m1/s1. The summed E-state index contributed by atoms with van der Waals surface area (Å²) in [4.78, 5) is 42.5. The van der Waals surface area contributed by atoms with Crippen LogP contribution in [-0.2, 0) is 24.2 Å². The second kappa shape index (κ2) is 9.34. The molecule has 3 amide bonds. The summed E-state index contributed by atoms with van der Waals surface area (Å²) in [5.41, 5.74) is 1.76. The topological polar surface area (TPSA) is 113 Å². The number of hydrogen-bond acceptors (Lipinski definition) is 8. The second-order valence-corrected chi connectivity index (χ2v) is 12.4. The lowest BCUT2D eigenvalue weighted by molar-refractivity contribution is -0.123. The number of benzene rings is 2. The predicted molar refractivity (Wildman–Crippen MR) is 141 cm³/mol. The van der Waals surface area contributed by atoms with Gasteiger partial charge in [-0.25, -0.2) is 8.42 Å². The van der Waals surface area contributed by atoms with E-state index < -0.39 is 33.6 Å². The molecule has 3 aliphatic heterocycles. The van der Waals surface area contributed by atoms with Crippen molar-refractivity contribution in [2.75, 3.05) is 35.4 Å². The molecule has 2 aromatic rings. The van der Waals surface area contributed by atoms with E-state index in [-0.39, 0.29) is 32.8 Å². The highest BCUT2D eigenvalue weighted by Gasteiger charge is 2.46. The van der Waals surface area contributed by atoms with Crippen LogP contribution in [0.1, 0.15) is 12.0 Å². The van der Waals surface area contributed by atoms with E-state index >= 15 is 0 Å². The normalized spacial score (nSPS) is 22.8. The van der Waals surface area contributed by atoms with Gasteiger partial charge in [0.2, 0.25) is 5.91 Å². The Morgan fingerprint density at radius 2 is 1.86 bits per heavy atom. The van der Waals surface area contributed by atoms with Crippen LogP contribution in [0.2, 0.25) is 0 Å². The Morgan fingerprint density at radius 1 is 1.14 bits per heavy atom. The summed E-state index contributed by atoms with van der Waals surface area (Å²) in [7, 11) is -1.69. The monoisotopic (exact) mass is 543 g/mol. The maximum absolute atomic E-state index is 13.6. The Kier molecular flexibility index (Phi) is 6.35. The van der Waals surface area contributed by atoms with Crippen LogP contribution in [0.5, 0.6) is 5.75 Å². The van der Waals surface area contributed by atoms with Gasteiger partial charge in [-0.05, 0) is 36.8 Å². The highest BCUT2D eigenvalue weighted by atomic mass is 32.2. The summed E-state index contributed by atoms with van der Waals surface area (Å²) < 4.78 is 29.3. The van der Waals surface area contributed by atoms with Crippen LogP contribution in [-0.4, -0.2) is 66.6 Å². The molecule has 0 radical (unpaired) electrons. The third-order valence-electron chi connectivity index (χ3n) is 6.20. The van der Waals surface area contributed by atoms with Crippen molar-refractivity contribution >= 4 is 72.8 Å². The van der Waals surface area contributed by atoms with Gasteiger partial charge in [-0.3, -0.25) is 24.2 Å². The van der Waals surface area contributed by atoms with Crippen molar-refractivity contribution in [3.63, 3.8) is 0 Å². The van der Waals surface area contributed by atoms with Gasteiger partial charge in [0.25, 0.3) is 11.8 Å². The molecule has 9 nitrogen and oxygen atoms in total. The van der Waals surface area contributed by atoms with Crippen molar-refractivity contribution in [3.05, 3.63) is 59.0 Å². The summed E-state index contributed by atoms with van der Waals surface area (Å²) in [6.07, 6.45) is 0.305. The minimum Gasteiger partial charge on any atom is -0.497 e. The molecule has 0 spiro atoms. The molecule has 0 aliphatic carbocycles. The van der Waals surface area contributed by atoms with E-state index in [2.05, 4.69) is 5.32 Å². The molecule has 0 aromatic heterocycles. The minimum atomic E-state index is -3.23. The maximum atomic E-state index is 13.6. The van der Waals surface area contributed by atoms with Crippen LogP contribution in [0.3, 0.4) is 0 Å². The largest absolute Gasteiger partial charge is 0.497 e. The molecule has 3 aliphatic rings. The molecule has 2 fully saturated rings. The van der Waals surface area contributed by atoms with E-state index in [1.165, 1.54) is 9.80 Å². The molecule has 186 valence electrons. The number of methoxy groups -OCH3 is 1. The summed E-state index contributed by atoms with van der Waals surface area (Å²) in [5, 5.41) is 2.76. The molecule has 0 saturated carbocycles. The van der Waals surface area contributed by atoms with Gasteiger partial charge < -0.3 is 10.1 Å². The van der Waals surface area contributed by atoms with Crippen LogP contribution in [0.15, 0.2) is 53.4 Å². The Hall–Kier alpha value is -3.22. The first-order valence-electron chi connectivity index (χ1n) is 11.0. The number of hydrogen-bond donors (Lipinski definition) is 1. The van der Waals surface area contributed by atoms with Crippen LogP contribution < -0.4 is 15.0 Å². The molecular weight excluding hydrogens is 522 g/mol. The van der Waals surface area contributed by atoms with Gasteiger partial charge in [-0.2, -0.15) is 0 Å². The fraction of sp³-hybridized carbons (Fsp3) is 0.250. The lowest BCUT2D eigenvalue weighted by atomic mass is 10.1. The number of sulfone groups is 1. The summed E-state index contributed by atoms with van der Waals surface area (Å²) in [6, 6.07) is 13.2. The number of thiocarbonyl (C=S) groups is 1. The van der Waals surface area contributed by atoms with E-state index in [0.717, 1.165) is 11.8 Å². The van der Waals surface area contributed by atoms with Gasteiger partial charge in [0.1, 0.15) is 16.6 Å². The van der Waals surface area contributed by atoms with Crippen molar-refractivity contribution in [2.24, 2.45) is 0 Å². The van der Waals surface area contributed by atoms with E-state index in [4.69, 9.17) is 17.0 Å². The fourth-order valence-corrected chi connectivity index (χ4v) is 7.67. The predicted octanol–water partition coefficient (Wildman–Crippen LogP) is 2.44. The maximum Gasteiger partial charge on any atom is 0.267 e. The molecule has 0 unspecified atom stereocenters. The molecule has 1 atom stereocenters. The lowest BCUT2D eigenvalue weighted by Crippen LogP contribution is -2.39. The zero-order valence-corrected chi connectivity index (χ0v) is 21.5. The van der Waals surface area contributed by atoms with Gasteiger partial charge in [-0.15, -0.1) is 0 Å². The Balaban J connectivity index is 1.42. The lowest BCUT2D eigenvalue weighted by Gasteiger charge is -2.21. The summed E-state index contributed by atoms with van der Waals surface area (Å²) in [6.45, 7) is -0.257. The molecule has 2 saturated heterocycles. The van der Waals surface area contributed by atoms with Crippen molar-refractivity contribution in [2.45, 2.75) is 12.5 Å². The third kappa shape index (κ3) is 4.40. The Morgan fingerprint density at radius 3 is 2.53 bits per heavy atom. The van der Waals surface area contributed by atoms with Crippen LogP contribution in [0.4, 0.5) is 11.4 Å². The summed E-state index contributed by atoms with van der Waals surface area (Å²) >= 11 is 6.40. The van der Waals surface area contributed by atoms with Crippen LogP contribution in [0, 0.1) is 0 Å². The van der Waals surface area contributed by atoms with Crippen molar-refractivity contribution in [1.29, 1.82) is 0 Å². The van der Waals surface area contributed by atoms with Crippen molar-refractivity contribution in [3.8, 4) is 5.75 Å². The van der Waals surface area contributed by atoms with Gasteiger partial charge in [-0.1, -0.05) is 42.2 Å². The third-order valence-corrected chi connectivity index (χ3v) is 9.35. The Labute approximate surface area is 217 Å². The van der Waals surface area contributed by atoms with Gasteiger partial charge in [0.15, 0.2) is 9.84 Å². The van der Waals surface area contributed by atoms with Crippen molar-refractivity contribution < 1.29 is 27.5 Å². The van der Waals surface area contributed by atoms with E-state index in [9.17, 15) is 22.8 Å². The van der Waals surface area contributed by atoms with Crippen molar-refractivity contribution in [1.82, 2.24) is 4.90 Å². The zero-order valence-electron chi connectivity index (χ0n) is 19.1. The number of ether oxygens (including phenoxy) is 1. The van der Waals surface area contributed by atoms with E-state index in [1.807, 2.05) is 0 Å². The van der Waals surface area contributed by atoms with E-state index in [0.29, 0.717) is 29.1 Å². The average molecular weight is 544 g/mol. The first-order chi connectivity index (χ1) is 17.2. The first kappa shape index (κ1) is 24.5. The average Bonchev–Trinajstić information content (AvgIpc) is 3.44. The SMILES string of the molecule is COc1ccc(NC(=O)CN2C(=O)/C(=C3\SC(=S)N([C@@H]4CCS(=O)(=O)C4)C3=O)c3ccccc32)cc1. The Bertz CT molecular complexity index is 1440. The highest BCUT2D eigenvalue weighted by Crippen LogP contribution is 2.45. The van der Waals surface area contributed by atoms with Crippen LogP contribution >= 0.6 is 24.0 Å². The zero-order chi connectivity index (χ0) is 25.6. The number of carbonyl (C=O) groups is 3. The van der Waals surface area contributed by atoms with E-state index in [1.54, 1.807) is 55.6 Å². The number of thioether (sulfide) groups is 1. The first-order valence-corrected chi connectivity index (χ1v) is 14.1. The molecule has 2 aromatic carbocycles. The molecule has 1 N–H and O–H groups in total. The number of carbonyl (C=O) groups excluding carboxylic acids is 3. The van der Waals surface area contributed by atoms with Gasteiger partial charge >= 0.3 is 0 Å². The number of amides is 3. The molecule has 3 heterocycles. The van der Waals surface area contributed by atoms with Gasteiger partial charge in [0, 0.05) is 11.3 Å². The van der Waals surface area contributed by atoms with Gasteiger partial charge in [0.05, 0.1) is 40.8 Å². The number of rotatable bonds is 5. The second-order valence-electron chi connectivity index (χ2n) is 8.49. The molecule has 0 bridgehead atoms. The fourth-order valence-electron chi connectivity index (χ4n) is 4.50. The number of anilines is 2. The smallest absolute Gasteiger partial charge is 0.267 e.